The number of hydrogen-bond acceptors (Lipinski definition) is 14. The van der Waals surface area contributed by atoms with Crippen molar-refractivity contribution in [3.63, 3.8) is 0 Å². The molecule has 6 heterocycles. The van der Waals surface area contributed by atoms with Crippen molar-refractivity contribution in [2.24, 2.45) is 0 Å². The number of aliphatic hydroxyl groups excluding tert-OH is 2. The summed E-state index contributed by atoms with van der Waals surface area (Å²) in [6.45, 7) is 4.73. The number of nitrogens with two attached hydrogens (primary N) is 2. The van der Waals surface area contributed by atoms with Gasteiger partial charge in [-0.25, -0.2) is 29.9 Å². The van der Waals surface area contributed by atoms with Crippen molar-refractivity contribution in [3.05, 3.63) is 36.3 Å². The summed E-state index contributed by atoms with van der Waals surface area (Å²) in [6.07, 6.45) is 0.830. The van der Waals surface area contributed by atoms with Gasteiger partial charge in [0.2, 0.25) is 6.23 Å². The van der Waals surface area contributed by atoms with Gasteiger partial charge in [0, 0.05) is 12.8 Å². The maximum atomic E-state index is 11.2. The van der Waals surface area contributed by atoms with Crippen LogP contribution in [0.25, 0.3) is 22.3 Å². The molecule has 0 aromatic carbocycles. The zero-order valence-corrected chi connectivity index (χ0v) is 22.0. The zero-order valence-electron chi connectivity index (χ0n) is 22.0. The van der Waals surface area contributed by atoms with E-state index in [0.29, 0.717) is 34.6 Å². The Balaban J connectivity index is 1.26. The summed E-state index contributed by atoms with van der Waals surface area (Å²) in [5.74, 6) is 0.641. The molecule has 0 aliphatic carbocycles. The van der Waals surface area contributed by atoms with E-state index in [1.54, 1.807) is 6.92 Å². The van der Waals surface area contributed by atoms with Crippen LogP contribution in [0.1, 0.15) is 51.9 Å². The Morgan fingerprint density at radius 2 is 1.68 bits per heavy atom. The van der Waals surface area contributed by atoms with Gasteiger partial charge in [0.15, 0.2) is 40.5 Å². The number of anilines is 2. The summed E-state index contributed by atoms with van der Waals surface area (Å²) in [7, 11) is 0. The van der Waals surface area contributed by atoms with Crippen molar-refractivity contribution < 1.29 is 29.9 Å². The largest absolute Gasteiger partial charge is 0.506 e. The molecule has 0 amide bonds. The van der Waals surface area contributed by atoms with Crippen molar-refractivity contribution in [2.45, 2.75) is 75.9 Å². The van der Waals surface area contributed by atoms with Crippen LogP contribution in [0.2, 0.25) is 0 Å². The van der Waals surface area contributed by atoms with Crippen LogP contribution in [0.15, 0.2) is 30.5 Å². The summed E-state index contributed by atoms with van der Waals surface area (Å²) in [5.41, 5.74) is 10.0. The van der Waals surface area contributed by atoms with Gasteiger partial charge in [0.25, 0.3) is 0 Å². The molecule has 4 aromatic rings. The number of allylic oxidation sites excluding steroid dienone is 1. The van der Waals surface area contributed by atoms with Crippen LogP contribution in [-0.2, 0) is 15.9 Å². The first kappa shape index (κ1) is 26.1. The first-order valence-corrected chi connectivity index (χ1v) is 12.7. The lowest BCUT2D eigenvalue weighted by atomic mass is 9.91. The number of rotatable bonds is 6. The van der Waals surface area contributed by atoms with Gasteiger partial charge >= 0.3 is 0 Å². The molecule has 16 heteroatoms. The summed E-state index contributed by atoms with van der Waals surface area (Å²) in [4.78, 5) is 25.6. The highest BCUT2D eigenvalue weighted by atomic mass is 16.6. The highest BCUT2D eigenvalue weighted by Gasteiger charge is 2.53. The molecule has 4 unspecified atom stereocenters. The van der Waals surface area contributed by atoms with Crippen LogP contribution in [-0.4, -0.2) is 82.9 Å². The third-order valence-electron chi connectivity index (χ3n) is 7.66. The predicted octanol–water partition coefficient (Wildman–Crippen LogP) is 0.232. The molecule has 8 N–H and O–H groups in total. The van der Waals surface area contributed by atoms with Crippen LogP contribution in [0.3, 0.4) is 0 Å². The highest BCUT2D eigenvalue weighted by Crippen LogP contribution is 2.43. The summed E-state index contributed by atoms with van der Waals surface area (Å²) in [6, 6.07) is 0. The normalized spacial score (nSPS) is 30.6. The average molecular weight is 555 g/mol. The first-order chi connectivity index (χ1) is 18.9. The van der Waals surface area contributed by atoms with Gasteiger partial charge in [-0.15, -0.1) is 0 Å². The predicted molar refractivity (Wildman–Crippen MR) is 139 cm³/mol. The summed E-state index contributed by atoms with van der Waals surface area (Å²) < 4.78 is 14.9. The SMILES string of the molecule is CCC1=C(O)C(C)(O)C(n2cnc3c(N)nc(CC[C@H]4O[C@@H](n5cnc6c(N)ncnc65)C(O)C4(C)O)nc32)O1. The van der Waals surface area contributed by atoms with Crippen molar-refractivity contribution in [1.29, 1.82) is 0 Å². The molecule has 6 rings (SSSR count). The average Bonchev–Trinajstić information content (AvgIpc) is 3.63. The van der Waals surface area contributed by atoms with E-state index < -0.39 is 35.9 Å². The number of aryl methyl sites for hydroxylation is 1. The van der Waals surface area contributed by atoms with E-state index in [4.69, 9.17) is 20.9 Å². The van der Waals surface area contributed by atoms with E-state index in [0.717, 1.165) is 0 Å². The lowest BCUT2D eigenvalue weighted by Gasteiger charge is -2.26. The standard InChI is InChI=1S/C24H30N10O6/c1-4-10-15(35)24(3,38)22(39-10)34-9-30-14-18(26)31-12(32-20(14)34)6-5-11-23(2,37)16(36)21(40-11)33-8-29-13-17(25)27-7-28-19(13)33/h7-9,11,16,21-22,35-38H,4-6H2,1-3H3,(H2,25,27,28)(H2,26,31,32)/t11-,16?,21-,22?,23?,24?/m1/s1. The van der Waals surface area contributed by atoms with E-state index in [1.807, 2.05) is 0 Å². The Kier molecular flexibility index (Phi) is 5.85. The molecule has 0 spiro atoms. The molecule has 4 aromatic heterocycles. The van der Waals surface area contributed by atoms with Gasteiger partial charge in [0.05, 0.1) is 12.4 Å². The zero-order chi connectivity index (χ0) is 28.6. The second-order valence-electron chi connectivity index (χ2n) is 10.4. The fourth-order valence-corrected chi connectivity index (χ4v) is 5.31. The number of aliphatic hydroxyl groups is 4. The van der Waals surface area contributed by atoms with Crippen LogP contribution >= 0.6 is 0 Å². The summed E-state index contributed by atoms with van der Waals surface area (Å²) >= 11 is 0. The van der Waals surface area contributed by atoms with Crippen LogP contribution in [0.4, 0.5) is 11.6 Å². The van der Waals surface area contributed by atoms with Crippen LogP contribution < -0.4 is 11.5 Å². The molecule has 1 fully saturated rings. The van der Waals surface area contributed by atoms with Crippen molar-refractivity contribution in [3.8, 4) is 0 Å². The Bertz CT molecular complexity index is 1650. The van der Waals surface area contributed by atoms with Gasteiger partial charge in [-0.1, -0.05) is 6.92 Å². The molecule has 0 bridgehead atoms. The number of aromatic nitrogens is 8. The molecular formula is C24H30N10O6. The van der Waals surface area contributed by atoms with E-state index in [9.17, 15) is 20.4 Å². The Morgan fingerprint density at radius 1 is 0.975 bits per heavy atom. The minimum Gasteiger partial charge on any atom is -0.506 e. The quantitative estimate of drug-likeness (QED) is 0.187. The molecule has 2 aliphatic heterocycles. The second kappa shape index (κ2) is 8.95. The monoisotopic (exact) mass is 554 g/mol. The molecule has 6 atom stereocenters. The molecule has 16 nitrogen and oxygen atoms in total. The van der Waals surface area contributed by atoms with Gasteiger partial charge < -0.3 is 41.4 Å². The molecule has 0 saturated carbocycles. The lowest BCUT2D eigenvalue weighted by molar-refractivity contribution is -0.0725. The minimum atomic E-state index is -1.71. The fraction of sp³-hybridized carbons (Fsp3) is 0.500. The lowest BCUT2D eigenvalue weighted by Crippen LogP contribution is -2.44. The highest BCUT2D eigenvalue weighted by molar-refractivity contribution is 5.82. The van der Waals surface area contributed by atoms with E-state index >= 15 is 0 Å². The Morgan fingerprint density at radius 3 is 2.38 bits per heavy atom. The van der Waals surface area contributed by atoms with E-state index in [2.05, 4.69) is 29.9 Å². The number of fused-ring (bicyclic) bond motifs is 2. The fourth-order valence-electron chi connectivity index (χ4n) is 5.31. The number of nitrogens with zero attached hydrogens (tertiary/aromatic N) is 8. The van der Waals surface area contributed by atoms with Crippen LogP contribution in [0.5, 0.6) is 0 Å². The molecule has 40 heavy (non-hydrogen) atoms. The minimum absolute atomic E-state index is 0.114. The molecule has 1 saturated heterocycles. The van der Waals surface area contributed by atoms with Gasteiger partial charge in [-0.05, 0) is 20.3 Å². The molecule has 212 valence electrons. The second-order valence-corrected chi connectivity index (χ2v) is 10.4. The maximum absolute atomic E-state index is 11.2. The third kappa shape index (κ3) is 3.75. The number of ether oxygens (including phenoxy) is 2. The number of hydrogen-bond donors (Lipinski definition) is 6. The van der Waals surface area contributed by atoms with E-state index in [1.165, 1.54) is 42.0 Å². The smallest absolute Gasteiger partial charge is 0.214 e. The van der Waals surface area contributed by atoms with Crippen molar-refractivity contribution in [2.75, 3.05) is 11.5 Å². The first-order valence-electron chi connectivity index (χ1n) is 12.7. The topological polar surface area (TPSA) is 239 Å². The number of nitrogen functional groups attached to an aromatic ring is 2. The third-order valence-corrected chi connectivity index (χ3v) is 7.66. The summed E-state index contributed by atoms with van der Waals surface area (Å²) in [5, 5.41) is 43.6. The van der Waals surface area contributed by atoms with Crippen LogP contribution in [0, 0.1) is 0 Å². The maximum Gasteiger partial charge on any atom is 0.214 e. The molecular weight excluding hydrogens is 524 g/mol. The Labute approximate surface area is 226 Å². The van der Waals surface area contributed by atoms with Gasteiger partial charge in [-0.3, -0.25) is 9.13 Å². The molecule has 2 aliphatic rings. The van der Waals surface area contributed by atoms with Gasteiger partial charge in [0.1, 0.15) is 47.0 Å². The van der Waals surface area contributed by atoms with Crippen molar-refractivity contribution >= 4 is 34.0 Å². The van der Waals surface area contributed by atoms with Crippen molar-refractivity contribution in [1.82, 2.24) is 39.0 Å². The van der Waals surface area contributed by atoms with E-state index in [-0.39, 0.29) is 36.0 Å². The number of imidazole rings is 2. The van der Waals surface area contributed by atoms with Gasteiger partial charge in [-0.2, -0.15) is 0 Å². The molecule has 0 radical (unpaired) electrons. The Hall–Kier alpha value is -4.12.